The molecule has 0 radical (unpaired) electrons. The number of hydrogen-bond donors (Lipinski definition) is 1. The van der Waals surface area contributed by atoms with E-state index in [4.69, 9.17) is 0 Å². The summed E-state index contributed by atoms with van der Waals surface area (Å²) in [5.74, 6) is 0. The molecular weight excluding hydrogens is 338 g/mol. The Morgan fingerprint density at radius 2 is 1.09 bits per heavy atom. The predicted octanol–water partition coefficient (Wildman–Crippen LogP) is 6.18. The van der Waals surface area contributed by atoms with E-state index in [1.165, 1.54) is 12.2 Å². The van der Waals surface area contributed by atoms with Crippen LogP contribution in [0.2, 0.25) is 0 Å². The molecule has 0 nitrogen and oxygen atoms in total. The molecule has 0 bridgehead atoms. The Morgan fingerprint density at radius 1 is 0.652 bits per heavy atom. The van der Waals surface area contributed by atoms with Crippen LogP contribution >= 0.6 is 12.6 Å². The summed E-state index contributed by atoms with van der Waals surface area (Å²) < 4.78 is 76.5. The van der Waals surface area contributed by atoms with Gasteiger partial charge in [0, 0.05) is 4.90 Å². The van der Waals surface area contributed by atoms with Crippen LogP contribution in [-0.4, -0.2) is 0 Å². The smallest absolute Gasteiger partial charge is 0.166 e. The van der Waals surface area contributed by atoms with Crippen LogP contribution in [0, 0.1) is 0 Å². The molecule has 0 unspecified atom stereocenters. The minimum Gasteiger partial charge on any atom is -0.166 e. The first-order chi connectivity index (χ1) is 10.6. The summed E-state index contributed by atoms with van der Waals surface area (Å²) in [4.78, 5) is 0.695. The van der Waals surface area contributed by atoms with Crippen LogP contribution in [0.4, 0.5) is 26.3 Å². The summed E-state index contributed by atoms with van der Waals surface area (Å²) in [7, 11) is 0. The standard InChI is InChI=1S/C16H10F6S/c17-15(18,19)12-7-11(8-13(9-12)16(20,21)22)2-1-10-3-5-14(23)6-4-10/h1-9,23H/b2-1+. The van der Waals surface area contributed by atoms with Gasteiger partial charge in [-0.1, -0.05) is 24.3 Å². The summed E-state index contributed by atoms with van der Waals surface area (Å²) in [6, 6.07) is 8.09. The van der Waals surface area contributed by atoms with Crippen molar-refractivity contribution in [3.8, 4) is 0 Å². The van der Waals surface area contributed by atoms with Gasteiger partial charge in [0.05, 0.1) is 11.1 Å². The van der Waals surface area contributed by atoms with E-state index in [1.807, 2.05) is 0 Å². The zero-order chi connectivity index (χ0) is 17.3. The molecule has 0 fully saturated rings. The Bertz CT molecular complexity index is 679. The number of rotatable bonds is 2. The van der Waals surface area contributed by atoms with E-state index in [9.17, 15) is 26.3 Å². The highest BCUT2D eigenvalue weighted by molar-refractivity contribution is 7.80. The average molecular weight is 348 g/mol. The van der Waals surface area contributed by atoms with Crippen molar-refractivity contribution in [2.75, 3.05) is 0 Å². The topological polar surface area (TPSA) is 0 Å². The highest BCUT2D eigenvalue weighted by atomic mass is 32.1. The van der Waals surface area contributed by atoms with E-state index in [-0.39, 0.29) is 11.6 Å². The van der Waals surface area contributed by atoms with E-state index in [0.29, 0.717) is 22.6 Å². The second-order valence-corrected chi connectivity index (χ2v) is 5.28. The van der Waals surface area contributed by atoms with Gasteiger partial charge in [-0.05, 0) is 41.5 Å². The second-order valence-electron chi connectivity index (χ2n) is 4.76. The van der Waals surface area contributed by atoms with Crippen molar-refractivity contribution < 1.29 is 26.3 Å². The molecule has 0 saturated heterocycles. The molecule has 0 saturated carbocycles. The molecule has 0 aliphatic rings. The summed E-state index contributed by atoms with van der Waals surface area (Å²) in [5, 5.41) is 0. The molecule has 7 heteroatoms. The summed E-state index contributed by atoms with van der Waals surface area (Å²) >= 11 is 4.09. The number of alkyl halides is 6. The lowest BCUT2D eigenvalue weighted by Crippen LogP contribution is -2.11. The van der Waals surface area contributed by atoms with E-state index in [0.717, 1.165) is 0 Å². The van der Waals surface area contributed by atoms with E-state index >= 15 is 0 Å². The molecule has 0 aromatic heterocycles. The van der Waals surface area contributed by atoms with Crippen molar-refractivity contribution in [3.05, 3.63) is 64.7 Å². The number of hydrogen-bond acceptors (Lipinski definition) is 1. The fourth-order valence-electron chi connectivity index (χ4n) is 1.85. The van der Waals surface area contributed by atoms with E-state index in [2.05, 4.69) is 12.6 Å². The molecule has 0 heterocycles. The van der Waals surface area contributed by atoms with Gasteiger partial charge in [0.2, 0.25) is 0 Å². The Balaban J connectivity index is 2.43. The molecule has 2 rings (SSSR count). The van der Waals surface area contributed by atoms with Crippen molar-refractivity contribution in [2.24, 2.45) is 0 Å². The quantitative estimate of drug-likeness (QED) is 0.374. The van der Waals surface area contributed by atoms with Crippen molar-refractivity contribution in [1.82, 2.24) is 0 Å². The third kappa shape index (κ3) is 4.79. The van der Waals surface area contributed by atoms with Crippen LogP contribution in [0.3, 0.4) is 0 Å². The first-order valence-corrected chi connectivity index (χ1v) is 6.77. The molecule has 122 valence electrons. The highest BCUT2D eigenvalue weighted by Crippen LogP contribution is 2.36. The van der Waals surface area contributed by atoms with Crippen LogP contribution in [0.25, 0.3) is 12.2 Å². The molecule has 0 aliphatic heterocycles. The second kappa shape index (κ2) is 6.31. The minimum atomic E-state index is -4.85. The monoisotopic (exact) mass is 348 g/mol. The van der Waals surface area contributed by atoms with Crippen LogP contribution in [0.5, 0.6) is 0 Å². The summed E-state index contributed by atoms with van der Waals surface area (Å²) in [6.45, 7) is 0. The van der Waals surface area contributed by atoms with Crippen molar-refractivity contribution in [3.63, 3.8) is 0 Å². The zero-order valence-corrected chi connectivity index (χ0v) is 12.3. The van der Waals surface area contributed by atoms with Gasteiger partial charge in [-0.2, -0.15) is 26.3 Å². The fraction of sp³-hybridized carbons (Fsp3) is 0.125. The van der Waals surface area contributed by atoms with Gasteiger partial charge < -0.3 is 0 Å². The third-order valence-electron chi connectivity index (χ3n) is 2.97. The van der Waals surface area contributed by atoms with Crippen molar-refractivity contribution >= 4 is 24.8 Å². The van der Waals surface area contributed by atoms with Gasteiger partial charge in [-0.3, -0.25) is 0 Å². The van der Waals surface area contributed by atoms with Crippen LogP contribution in [-0.2, 0) is 12.4 Å². The predicted molar refractivity (Wildman–Crippen MR) is 79.1 cm³/mol. The average Bonchev–Trinajstić information content (AvgIpc) is 2.44. The Hall–Kier alpha value is -1.89. The normalized spacial score (nSPS) is 12.8. The maximum Gasteiger partial charge on any atom is 0.416 e. The highest BCUT2D eigenvalue weighted by Gasteiger charge is 2.36. The number of benzene rings is 2. The number of halogens is 6. The Morgan fingerprint density at radius 3 is 1.52 bits per heavy atom. The largest absolute Gasteiger partial charge is 0.416 e. The molecule has 0 amide bonds. The van der Waals surface area contributed by atoms with Gasteiger partial charge in [-0.15, -0.1) is 12.6 Å². The van der Waals surface area contributed by atoms with E-state index < -0.39 is 23.5 Å². The van der Waals surface area contributed by atoms with Gasteiger partial charge in [0.25, 0.3) is 0 Å². The molecule has 2 aromatic carbocycles. The molecule has 0 aliphatic carbocycles. The molecule has 23 heavy (non-hydrogen) atoms. The Kier molecular flexibility index (Phi) is 4.79. The van der Waals surface area contributed by atoms with E-state index in [1.54, 1.807) is 24.3 Å². The lowest BCUT2D eigenvalue weighted by atomic mass is 10.0. The third-order valence-corrected chi connectivity index (χ3v) is 3.27. The first-order valence-electron chi connectivity index (χ1n) is 6.32. The molecule has 0 N–H and O–H groups in total. The molecule has 0 atom stereocenters. The maximum atomic E-state index is 12.7. The van der Waals surface area contributed by atoms with Gasteiger partial charge in [-0.25, -0.2) is 0 Å². The van der Waals surface area contributed by atoms with Crippen LogP contribution in [0.15, 0.2) is 47.4 Å². The summed E-state index contributed by atoms with van der Waals surface area (Å²) in [5.41, 5.74) is -2.22. The lowest BCUT2D eigenvalue weighted by Gasteiger charge is -2.12. The molecule has 2 aromatic rings. The zero-order valence-electron chi connectivity index (χ0n) is 11.4. The molecule has 0 spiro atoms. The summed E-state index contributed by atoms with van der Waals surface area (Å²) in [6.07, 6.45) is -7.06. The SMILES string of the molecule is FC(F)(F)c1cc(/C=C/c2ccc(S)cc2)cc(C(F)(F)F)c1. The molecular formula is C16H10F6S. The van der Waals surface area contributed by atoms with Crippen LogP contribution in [0.1, 0.15) is 22.3 Å². The van der Waals surface area contributed by atoms with Crippen molar-refractivity contribution in [1.29, 1.82) is 0 Å². The maximum absolute atomic E-state index is 12.7. The first kappa shape index (κ1) is 17.5. The minimum absolute atomic E-state index is 0.104. The van der Waals surface area contributed by atoms with Crippen molar-refractivity contribution in [2.45, 2.75) is 17.2 Å². The van der Waals surface area contributed by atoms with Gasteiger partial charge in [0.1, 0.15) is 0 Å². The Labute approximate surface area is 133 Å². The lowest BCUT2D eigenvalue weighted by molar-refractivity contribution is -0.143. The van der Waals surface area contributed by atoms with Crippen LogP contribution < -0.4 is 0 Å². The van der Waals surface area contributed by atoms with Gasteiger partial charge in [0.15, 0.2) is 0 Å². The fourth-order valence-corrected chi connectivity index (χ4v) is 2.00. The number of thiol groups is 1. The van der Waals surface area contributed by atoms with Gasteiger partial charge >= 0.3 is 12.4 Å².